The van der Waals surface area contributed by atoms with Gasteiger partial charge in [-0.2, -0.15) is 13.2 Å². The number of carbonyl (C=O) groups excluding carboxylic acids is 2. The molecule has 0 saturated heterocycles. The standard InChI is InChI=1S/C23H21F3N4O3/c1-14-10-15(6-7-20(14)33-18-8-9-28-19(12-18)21(31)27-2)13-29-22(32)30-17-5-3-4-16(11-17)23(24,25)26/h3-12H,13H2,1-2H3,(H,27,31)(H2,29,30,32). The van der Waals surface area contributed by atoms with Crippen LogP contribution in [0, 0.1) is 6.92 Å². The van der Waals surface area contributed by atoms with Crippen LogP contribution in [0.1, 0.15) is 27.2 Å². The quantitative estimate of drug-likeness (QED) is 0.491. The summed E-state index contributed by atoms with van der Waals surface area (Å²) < 4.78 is 44.2. The molecule has 0 aliphatic carbocycles. The highest BCUT2D eigenvalue weighted by atomic mass is 19.4. The van der Waals surface area contributed by atoms with E-state index >= 15 is 0 Å². The Labute approximate surface area is 188 Å². The zero-order chi connectivity index (χ0) is 24.0. The molecule has 33 heavy (non-hydrogen) atoms. The number of pyridine rings is 1. The Balaban J connectivity index is 1.59. The lowest BCUT2D eigenvalue weighted by atomic mass is 10.1. The average Bonchev–Trinajstić information content (AvgIpc) is 2.78. The molecular formula is C23H21F3N4O3. The zero-order valence-corrected chi connectivity index (χ0v) is 17.8. The first-order valence-electron chi connectivity index (χ1n) is 9.83. The summed E-state index contributed by atoms with van der Waals surface area (Å²) in [5.74, 6) is 0.668. The summed E-state index contributed by atoms with van der Waals surface area (Å²) >= 11 is 0. The third-order valence-corrected chi connectivity index (χ3v) is 4.56. The number of benzene rings is 2. The number of amides is 3. The Morgan fingerprint density at radius 2 is 1.85 bits per heavy atom. The van der Waals surface area contributed by atoms with E-state index in [0.29, 0.717) is 11.5 Å². The lowest BCUT2D eigenvalue weighted by Gasteiger charge is -2.13. The molecule has 7 nitrogen and oxygen atoms in total. The molecular weight excluding hydrogens is 437 g/mol. The Morgan fingerprint density at radius 3 is 2.55 bits per heavy atom. The first-order valence-corrected chi connectivity index (χ1v) is 9.83. The highest BCUT2D eigenvalue weighted by molar-refractivity contribution is 5.92. The van der Waals surface area contributed by atoms with Gasteiger partial charge in [-0.15, -0.1) is 0 Å². The van der Waals surface area contributed by atoms with Gasteiger partial charge >= 0.3 is 12.2 Å². The molecule has 3 amide bonds. The van der Waals surface area contributed by atoms with Crippen LogP contribution < -0.4 is 20.7 Å². The number of aromatic nitrogens is 1. The molecule has 10 heteroatoms. The number of nitrogens with one attached hydrogen (secondary N) is 3. The van der Waals surface area contributed by atoms with Crippen LogP contribution in [-0.4, -0.2) is 24.0 Å². The Morgan fingerprint density at radius 1 is 1.06 bits per heavy atom. The molecule has 0 radical (unpaired) electrons. The van der Waals surface area contributed by atoms with E-state index < -0.39 is 17.8 Å². The number of nitrogens with zero attached hydrogens (tertiary/aromatic N) is 1. The van der Waals surface area contributed by atoms with Crippen molar-refractivity contribution in [2.45, 2.75) is 19.6 Å². The number of anilines is 1. The molecule has 0 unspecified atom stereocenters. The van der Waals surface area contributed by atoms with Crippen LogP contribution in [0.5, 0.6) is 11.5 Å². The fourth-order valence-corrected chi connectivity index (χ4v) is 2.92. The Hall–Kier alpha value is -4.08. The van der Waals surface area contributed by atoms with Crippen LogP contribution in [0.4, 0.5) is 23.7 Å². The van der Waals surface area contributed by atoms with Gasteiger partial charge in [-0.25, -0.2) is 4.79 Å². The minimum Gasteiger partial charge on any atom is -0.457 e. The molecule has 0 saturated carbocycles. The van der Waals surface area contributed by atoms with Gasteiger partial charge in [0.1, 0.15) is 17.2 Å². The number of alkyl halides is 3. The van der Waals surface area contributed by atoms with Crippen molar-refractivity contribution in [2.75, 3.05) is 12.4 Å². The minimum absolute atomic E-state index is 0.0377. The number of urea groups is 1. The molecule has 0 aliphatic rings. The second-order valence-corrected chi connectivity index (χ2v) is 7.04. The van der Waals surface area contributed by atoms with Crippen LogP contribution in [0.25, 0.3) is 0 Å². The molecule has 0 atom stereocenters. The summed E-state index contributed by atoms with van der Waals surface area (Å²) in [6, 6.07) is 12.2. The van der Waals surface area contributed by atoms with Gasteiger partial charge in [0, 0.05) is 31.5 Å². The summed E-state index contributed by atoms with van der Waals surface area (Å²) in [4.78, 5) is 27.8. The van der Waals surface area contributed by atoms with Crippen molar-refractivity contribution in [2.24, 2.45) is 0 Å². The van der Waals surface area contributed by atoms with Crippen LogP contribution in [0.15, 0.2) is 60.8 Å². The SMILES string of the molecule is CNC(=O)c1cc(Oc2ccc(CNC(=O)Nc3cccc(C(F)(F)F)c3)cc2C)ccn1. The van der Waals surface area contributed by atoms with Gasteiger partial charge < -0.3 is 20.7 Å². The van der Waals surface area contributed by atoms with E-state index in [1.165, 1.54) is 31.4 Å². The summed E-state index contributed by atoms with van der Waals surface area (Å²) in [5.41, 5.74) is 0.963. The topological polar surface area (TPSA) is 92.4 Å². The van der Waals surface area contributed by atoms with Crippen molar-refractivity contribution in [1.29, 1.82) is 0 Å². The van der Waals surface area contributed by atoms with Crippen molar-refractivity contribution in [3.8, 4) is 11.5 Å². The maximum Gasteiger partial charge on any atom is 0.416 e. The summed E-state index contributed by atoms with van der Waals surface area (Å²) in [6.07, 6.45) is -3.02. The lowest BCUT2D eigenvalue weighted by Crippen LogP contribution is -2.28. The number of carbonyl (C=O) groups is 2. The van der Waals surface area contributed by atoms with Crippen LogP contribution in [0.3, 0.4) is 0 Å². The minimum atomic E-state index is -4.49. The van der Waals surface area contributed by atoms with Crippen molar-refractivity contribution >= 4 is 17.6 Å². The molecule has 1 aromatic heterocycles. The number of hydrogen-bond donors (Lipinski definition) is 3. The number of hydrogen-bond acceptors (Lipinski definition) is 4. The maximum atomic E-state index is 12.8. The fourth-order valence-electron chi connectivity index (χ4n) is 2.92. The molecule has 0 fully saturated rings. The zero-order valence-electron chi connectivity index (χ0n) is 17.8. The molecule has 3 aromatic rings. The molecule has 1 heterocycles. The van der Waals surface area contributed by atoms with E-state index in [1.54, 1.807) is 24.3 Å². The monoisotopic (exact) mass is 458 g/mol. The fraction of sp³-hybridized carbons (Fsp3) is 0.174. The molecule has 0 spiro atoms. The van der Waals surface area contributed by atoms with Gasteiger partial charge in [0.05, 0.1) is 5.56 Å². The largest absolute Gasteiger partial charge is 0.457 e. The third kappa shape index (κ3) is 6.45. The van der Waals surface area contributed by atoms with E-state index in [4.69, 9.17) is 4.74 Å². The van der Waals surface area contributed by atoms with E-state index in [9.17, 15) is 22.8 Å². The highest BCUT2D eigenvalue weighted by Gasteiger charge is 2.30. The van der Waals surface area contributed by atoms with E-state index in [1.807, 2.05) is 6.92 Å². The smallest absolute Gasteiger partial charge is 0.416 e. The molecule has 3 rings (SSSR count). The molecule has 0 aliphatic heterocycles. The maximum absolute atomic E-state index is 12.8. The van der Waals surface area contributed by atoms with Gasteiger partial charge in [0.25, 0.3) is 5.91 Å². The number of rotatable bonds is 6. The van der Waals surface area contributed by atoms with E-state index in [0.717, 1.165) is 23.3 Å². The normalized spacial score (nSPS) is 10.9. The molecule has 0 bridgehead atoms. The predicted octanol–water partition coefficient (Wildman–Crippen LogP) is 4.88. The second kappa shape index (κ2) is 10.0. The van der Waals surface area contributed by atoms with Gasteiger partial charge in [-0.05, 0) is 48.4 Å². The molecule has 2 aromatic carbocycles. The third-order valence-electron chi connectivity index (χ3n) is 4.56. The second-order valence-electron chi connectivity index (χ2n) is 7.04. The summed E-state index contributed by atoms with van der Waals surface area (Å²) in [7, 11) is 1.51. The van der Waals surface area contributed by atoms with Gasteiger partial charge in [-0.1, -0.05) is 18.2 Å². The van der Waals surface area contributed by atoms with Gasteiger partial charge in [-0.3, -0.25) is 9.78 Å². The van der Waals surface area contributed by atoms with Crippen molar-refractivity contribution in [3.05, 3.63) is 83.2 Å². The Kier molecular flexibility index (Phi) is 7.17. The highest BCUT2D eigenvalue weighted by Crippen LogP contribution is 2.30. The molecule has 172 valence electrons. The number of halogens is 3. The number of aryl methyl sites for hydroxylation is 1. The Bertz CT molecular complexity index is 1170. The molecule has 3 N–H and O–H groups in total. The van der Waals surface area contributed by atoms with Crippen LogP contribution >= 0.6 is 0 Å². The van der Waals surface area contributed by atoms with Crippen LogP contribution in [-0.2, 0) is 12.7 Å². The van der Waals surface area contributed by atoms with Crippen LogP contribution in [0.2, 0.25) is 0 Å². The first kappa shape index (κ1) is 23.6. The van der Waals surface area contributed by atoms with Crippen molar-refractivity contribution in [1.82, 2.24) is 15.6 Å². The van der Waals surface area contributed by atoms with Crippen molar-refractivity contribution < 1.29 is 27.5 Å². The number of ether oxygens (including phenoxy) is 1. The summed E-state index contributed by atoms with van der Waals surface area (Å²) in [6.45, 7) is 1.98. The average molecular weight is 458 g/mol. The van der Waals surface area contributed by atoms with Gasteiger partial charge in [0.2, 0.25) is 0 Å². The van der Waals surface area contributed by atoms with E-state index in [-0.39, 0.29) is 23.8 Å². The lowest BCUT2D eigenvalue weighted by molar-refractivity contribution is -0.137. The van der Waals surface area contributed by atoms with Gasteiger partial charge in [0.15, 0.2) is 0 Å². The van der Waals surface area contributed by atoms with E-state index in [2.05, 4.69) is 20.9 Å². The first-order chi connectivity index (χ1) is 15.7. The predicted molar refractivity (Wildman–Crippen MR) is 116 cm³/mol. The van der Waals surface area contributed by atoms with Crippen molar-refractivity contribution in [3.63, 3.8) is 0 Å². The summed E-state index contributed by atoms with van der Waals surface area (Å²) in [5, 5.41) is 7.48.